The number of nitrogens with two attached hydrogens (primary N) is 1. The maximum absolute atomic E-state index is 12.6. The number of aryl methyl sites for hydroxylation is 1. The lowest BCUT2D eigenvalue weighted by molar-refractivity contribution is -0.143. The maximum Gasteiger partial charge on any atom is 0.302 e. The van der Waals surface area contributed by atoms with E-state index in [2.05, 4.69) is 20.3 Å². The van der Waals surface area contributed by atoms with E-state index in [0.29, 0.717) is 29.1 Å². The van der Waals surface area contributed by atoms with Crippen LogP contribution in [0.4, 0.5) is 11.6 Å². The van der Waals surface area contributed by atoms with Gasteiger partial charge >= 0.3 is 5.97 Å². The summed E-state index contributed by atoms with van der Waals surface area (Å²) in [6.07, 6.45) is 5.76. The van der Waals surface area contributed by atoms with Gasteiger partial charge < -0.3 is 15.8 Å². The number of aromatic nitrogens is 3. The molecule has 154 valence electrons. The highest BCUT2D eigenvalue weighted by atomic mass is 16.5. The Hall–Kier alpha value is -3.55. The Morgan fingerprint density at radius 1 is 1.33 bits per heavy atom. The van der Waals surface area contributed by atoms with Gasteiger partial charge in [0.05, 0.1) is 12.3 Å². The van der Waals surface area contributed by atoms with Crippen LogP contribution in [0, 0.1) is 18.3 Å². The van der Waals surface area contributed by atoms with Crippen LogP contribution < -0.4 is 11.1 Å². The summed E-state index contributed by atoms with van der Waals surface area (Å²) in [4.78, 5) is 36.6. The monoisotopic (exact) mass is 405 g/mol. The number of nitrogens with zero attached hydrogens (tertiary/aromatic N) is 3. The van der Waals surface area contributed by atoms with Crippen molar-refractivity contribution in [3.63, 3.8) is 0 Å². The van der Waals surface area contributed by atoms with E-state index in [1.54, 1.807) is 24.7 Å². The molecule has 1 aliphatic carbocycles. The Bertz CT molecular complexity index is 1160. The lowest BCUT2D eigenvalue weighted by Gasteiger charge is -2.12. The van der Waals surface area contributed by atoms with Gasteiger partial charge in [0.25, 0.3) is 0 Å². The molecule has 0 spiro atoms. The number of carbonyl (C=O) groups excluding carboxylic acids is 2. The molecule has 0 radical (unpaired) electrons. The van der Waals surface area contributed by atoms with Gasteiger partial charge in [0.15, 0.2) is 0 Å². The van der Waals surface area contributed by atoms with E-state index in [1.165, 1.54) is 6.92 Å². The van der Waals surface area contributed by atoms with Crippen molar-refractivity contribution in [3.05, 3.63) is 42.4 Å². The molecular weight excluding hydrogens is 382 g/mol. The van der Waals surface area contributed by atoms with Gasteiger partial charge in [-0.05, 0) is 42.5 Å². The van der Waals surface area contributed by atoms with Crippen LogP contribution in [0.3, 0.4) is 0 Å². The zero-order valence-electron chi connectivity index (χ0n) is 17.1. The molecule has 2 atom stereocenters. The Labute approximate surface area is 173 Å². The molecule has 1 fully saturated rings. The molecule has 0 aliphatic heterocycles. The number of fused-ring (bicyclic) bond motifs is 1. The van der Waals surface area contributed by atoms with E-state index in [-0.39, 0.29) is 29.8 Å². The average Bonchev–Trinajstić information content (AvgIpc) is 3.39. The van der Waals surface area contributed by atoms with Gasteiger partial charge in [-0.15, -0.1) is 0 Å². The maximum atomic E-state index is 12.6. The van der Waals surface area contributed by atoms with Gasteiger partial charge in [0.2, 0.25) is 5.91 Å². The number of nitrogen functional groups attached to an aromatic ring is 1. The Morgan fingerprint density at radius 3 is 2.87 bits per heavy atom. The molecule has 8 nitrogen and oxygen atoms in total. The molecule has 3 aromatic rings. The van der Waals surface area contributed by atoms with Gasteiger partial charge in [0, 0.05) is 47.8 Å². The molecule has 8 heteroatoms. The third kappa shape index (κ3) is 3.80. The summed E-state index contributed by atoms with van der Waals surface area (Å²) in [5, 5.41) is 4.40. The molecule has 3 N–H and O–H groups in total. The summed E-state index contributed by atoms with van der Waals surface area (Å²) < 4.78 is 5.07. The first-order chi connectivity index (χ1) is 14.3. The second-order valence-corrected chi connectivity index (χ2v) is 8.05. The van der Waals surface area contributed by atoms with Crippen LogP contribution in [0.1, 0.15) is 25.8 Å². The normalized spacial score (nSPS) is 20.0. The van der Waals surface area contributed by atoms with Gasteiger partial charge in [-0.25, -0.2) is 9.97 Å². The van der Waals surface area contributed by atoms with Crippen LogP contribution in [0.5, 0.6) is 0 Å². The van der Waals surface area contributed by atoms with Crippen molar-refractivity contribution in [2.24, 2.45) is 11.3 Å². The van der Waals surface area contributed by atoms with Gasteiger partial charge in [-0.3, -0.25) is 14.6 Å². The Kier molecular flexibility index (Phi) is 4.85. The number of esters is 1. The zero-order chi connectivity index (χ0) is 21.5. The van der Waals surface area contributed by atoms with E-state index >= 15 is 0 Å². The van der Waals surface area contributed by atoms with E-state index in [9.17, 15) is 9.59 Å². The summed E-state index contributed by atoms with van der Waals surface area (Å²) in [7, 11) is 0. The molecule has 4 rings (SSSR count). The summed E-state index contributed by atoms with van der Waals surface area (Å²) in [6.45, 7) is 5.52. The van der Waals surface area contributed by atoms with Crippen molar-refractivity contribution < 1.29 is 14.3 Å². The highest BCUT2D eigenvalue weighted by Crippen LogP contribution is 2.52. The van der Waals surface area contributed by atoms with Gasteiger partial charge in [0.1, 0.15) is 11.6 Å². The number of ether oxygens (including phenoxy) is 1. The molecule has 0 saturated heterocycles. The minimum atomic E-state index is -0.343. The second kappa shape index (κ2) is 7.37. The molecule has 0 unspecified atom stereocenters. The molecule has 3 heterocycles. The van der Waals surface area contributed by atoms with Crippen molar-refractivity contribution in [1.82, 2.24) is 15.0 Å². The average molecular weight is 405 g/mol. The van der Waals surface area contributed by atoms with Gasteiger partial charge in [-0.1, -0.05) is 6.92 Å². The first kappa shape index (κ1) is 19.8. The molecule has 3 aromatic heterocycles. The second-order valence-electron chi connectivity index (χ2n) is 8.05. The van der Waals surface area contributed by atoms with Crippen LogP contribution >= 0.6 is 0 Å². The summed E-state index contributed by atoms with van der Waals surface area (Å²) >= 11 is 0. The smallest absolute Gasteiger partial charge is 0.302 e. The van der Waals surface area contributed by atoms with E-state index in [0.717, 1.165) is 16.5 Å². The number of nitrogens with one attached hydrogen (secondary N) is 1. The van der Waals surface area contributed by atoms with Crippen molar-refractivity contribution in [3.8, 4) is 11.3 Å². The minimum Gasteiger partial charge on any atom is -0.465 e. The van der Waals surface area contributed by atoms with Crippen LogP contribution in [-0.4, -0.2) is 33.4 Å². The first-order valence-electron chi connectivity index (χ1n) is 9.68. The predicted octanol–water partition coefficient (Wildman–Crippen LogP) is 3.11. The first-order valence-corrected chi connectivity index (χ1v) is 9.68. The summed E-state index contributed by atoms with van der Waals surface area (Å²) in [5.74, 6) is 0.109. The highest BCUT2D eigenvalue weighted by molar-refractivity contribution is 5.98. The third-order valence-electron chi connectivity index (χ3n) is 5.58. The van der Waals surface area contributed by atoms with Crippen molar-refractivity contribution in [1.29, 1.82) is 0 Å². The van der Waals surface area contributed by atoms with Crippen LogP contribution in [0.25, 0.3) is 22.0 Å². The highest BCUT2D eigenvalue weighted by Gasteiger charge is 2.55. The fourth-order valence-corrected chi connectivity index (χ4v) is 3.57. The molecule has 0 aromatic carbocycles. The van der Waals surface area contributed by atoms with Crippen LogP contribution in [-0.2, 0) is 14.3 Å². The fraction of sp³-hybridized carbons (Fsp3) is 0.318. The minimum absolute atomic E-state index is 0.137. The summed E-state index contributed by atoms with van der Waals surface area (Å²) in [5.41, 5.74) is 8.47. The molecule has 30 heavy (non-hydrogen) atoms. The SMILES string of the molecule is CC(=O)OC[C@@]1(C)C[C@@H]1C(=O)Nc1cc2cc(-c3cnccc3C)nc(N)c2cn1. The standard InChI is InChI=1S/C22H23N5O3/c1-12-4-5-24-9-15(12)18-6-14-7-19(25-10-16(14)20(23)26-18)27-21(29)17-8-22(17,3)11-30-13(2)28/h4-7,9-10,17H,8,11H2,1-3H3,(H2,23,26)(H,25,27,29)/t17-,22-/m1/s1. The number of hydrogen-bond donors (Lipinski definition) is 2. The van der Waals surface area contributed by atoms with Crippen LogP contribution in [0.2, 0.25) is 0 Å². The van der Waals surface area contributed by atoms with Crippen LogP contribution in [0.15, 0.2) is 36.8 Å². The van der Waals surface area contributed by atoms with Crippen molar-refractivity contribution in [2.45, 2.75) is 27.2 Å². The zero-order valence-corrected chi connectivity index (χ0v) is 17.1. The molecular formula is C22H23N5O3. The summed E-state index contributed by atoms with van der Waals surface area (Å²) in [6, 6.07) is 5.61. The van der Waals surface area contributed by atoms with Crippen molar-refractivity contribution >= 4 is 34.3 Å². The quantitative estimate of drug-likeness (QED) is 0.626. The largest absolute Gasteiger partial charge is 0.465 e. The lowest BCUT2D eigenvalue weighted by Crippen LogP contribution is -2.21. The van der Waals surface area contributed by atoms with E-state index < -0.39 is 0 Å². The number of rotatable bonds is 5. The van der Waals surface area contributed by atoms with Crippen molar-refractivity contribution in [2.75, 3.05) is 17.7 Å². The number of amides is 1. The van der Waals surface area contributed by atoms with E-state index in [1.807, 2.05) is 26.0 Å². The predicted molar refractivity (Wildman–Crippen MR) is 113 cm³/mol. The topological polar surface area (TPSA) is 120 Å². The number of pyridine rings is 3. The molecule has 0 bridgehead atoms. The molecule has 1 aliphatic rings. The number of anilines is 2. The van der Waals surface area contributed by atoms with Gasteiger partial charge in [-0.2, -0.15) is 0 Å². The lowest BCUT2D eigenvalue weighted by atomic mass is 10.1. The molecule has 1 amide bonds. The molecule has 1 saturated carbocycles. The number of hydrogen-bond acceptors (Lipinski definition) is 7. The Balaban J connectivity index is 1.57. The third-order valence-corrected chi connectivity index (χ3v) is 5.58. The fourth-order valence-electron chi connectivity index (χ4n) is 3.57. The van der Waals surface area contributed by atoms with E-state index in [4.69, 9.17) is 10.5 Å². The number of carbonyl (C=O) groups is 2. The Morgan fingerprint density at radius 2 is 2.13 bits per heavy atom.